The molecule has 0 heterocycles. The summed E-state index contributed by atoms with van der Waals surface area (Å²) in [6, 6.07) is 7.55. The maximum Gasteiger partial charge on any atom is 2.00 e. The van der Waals surface area contributed by atoms with Crippen molar-refractivity contribution in [3.05, 3.63) is 61.1 Å². The second-order valence-electron chi connectivity index (χ2n) is 3.03. The molecular formula is C17H18FeO3. The predicted octanol–water partition coefficient (Wildman–Crippen LogP) is 2.81. The summed E-state index contributed by atoms with van der Waals surface area (Å²) in [4.78, 5) is 16.0. The van der Waals surface area contributed by atoms with Gasteiger partial charge in [-0.05, 0) is 12.1 Å². The Labute approximate surface area is 137 Å². The third-order valence-electron chi connectivity index (χ3n) is 1.91. The van der Waals surface area contributed by atoms with Gasteiger partial charge in [0.25, 0.3) is 0 Å². The Bertz CT molecular complexity index is 441. The van der Waals surface area contributed by atoms with Crippen molar-refractivity contribution in [1.29, 1.82) is 0 Å². The smallest absolute Gasteiger partial charge is 0.497 e. The molecule has 0 fully saturated rings. The van der Waals surface area contributed by atoms with Crippen LogP contribution in [0.15, 0.2) is 42.5 Å². The fourth-order valence-electron chi connectivity index (χ4n) is 1.12. The number of hydrogen-bond acceptors (Lipinski definition) is 3. The molecule has 112 valence electrons. The van der Waals surface area contributed by atoms with Crippen LogP contribution in [0.2, 0.25) is 0 Å². The van der Waals surface area contributed by atoms with Crippen LogP contribution in [0.5, 0.6) is 5.75 Å². The van der Waals surface area contributed by atoms with Crippen LogP contribution < -0.4 is 4.74 Å². The van der Waals surface area contributed by atoms with Gasteiger partial charge in [0.1, 0.15) is 19.3 Å². The molecular weight excluding hydrogens is 308 g/mol. The van der Waals surface area contributed by atoms with E-state index in [1.165, 1.54) is 0 Å². The monoisotopic (exact) mass is 326 g/mol. The summed E-state index contributed by atoms with van der Waals surface area (Å²) in [5.41, 5.74) is 0.959. The number of allylic oxidation sites excluding steroid dienone is 4. The van der Waals surface area contributed by atoms with Crippen LogP contribution in [0.3, 0.4) is 0 Å². The van der Waals surface area contributed by atoms with E-state index in [0.717, 1.165) is 17.7 Å². The van der Waals surface area contributed by atoms with E-state index >= 15 is 0 Å². The van der Waals surface area contributed by atoms with Crippen molar-refractivity contribution in [3.8, 4) is 17.6 Å². The third kappa shape index (κ3) is 14.0. The van der Waals surface area contributed by atoms with Gasteiger partial charge in [-0.3, -0.25) is 17.9 Å². The standard InChI is InChI=1S/C10H9O.C5H5.2CH2O.Fe/c1-3-4-9-5-7-10(11-2)8-6-9;1-2-4-5-3-1;2*1-2;/h5-8H,1H2,2H3;1-3H,4H2;2*1H2;/q2*-1;;;+2. The summed E-state index contributed by atoms with van der Waals surface area (Å²) in [5, 5.41) is 0. The zero-order chi connectivity index (χ0) is 15.6. The molecule has 0 amide bonds. The first kappa shape index (κ1) is 23.9. The normalized spacial score (nSPS) is 8.81. The fraction of sp³-hybridized carbons (Fsp3) is 0.118. The minimum atomic E-state index is 0. The van der Waals surface area contributed by atoms with E-state index in [9.17, 15) is 0 Å². The number of ether oxygens (including phenoxy) is 1. The van der Waals surface area contributed by atoms with E-state index in [1.807, 2.05) is 50.0 Å². The summed E-state index contributed by atoms with van der Waals surface area (Å²) in [5.74, 6) is 6.27. The van der Waals surface area contributed by atoms with Crippen LogP contribution in [0.4, 0.5) is 0 Å². The molecule has 4 heteroatoms. The van der Waals surface area contributed by atoms with Gasteiger partial charge in [-0.2, -0.15) is 13.0 Å². The SMILES string of the molecule is C=O.C=O.[C-]1=CC=CC1.[CH2-]C#Cc1ccc(OC)cc1.[Fe+2]. The molecule has 3 nitrogen and oxygen atoms in total. The van der Waals surface area contributed by atoms with Crippen molar-refractivity contribution in [3.63, 3.8) is 0 Å². The zero-order valence-electron chi connectivity index (χ0n) is 11.9. The number of carbonyl (C=O) groups excluding carboxylic acids is 2. The Kier molecular flexibility index (Phi) is 22.8. The maximum absolute atomic E-state index is 8.00. The first-order chi connectivity index (χ1) is 9.86. The Balaban J connectivity index is -0.000000273. The molecule has 1 aliphatic rings. The van der Waals surface area contributed by atoms with Crippen molar-refractivity contribution in [2.45, 2.75) is 6.42 Å². The van der Waals surface area contributed by atoms with Gasteiger partial charge in [-0.15, -0.1) is 6.42 Å². The van der Waals surface area contributed by atoms with E-state index in [2.05, 4.69) is 30.9 Å². The first-order valence-electron chi connectivity index (χ1n) is 5.58. The molecule has 1 aromatic carbocycles. The number of methoxy groups -OCH3 is 1. The minimum Gasteiger partial charge on any atom is -0.497 e. The minimum absolute atomic E-state index is 0. The van der Waals surface area contributed by atoms with Crippen LogP contribution >= 0.6 is 0 Å². The van der Waals surface area contributed by atoms with Crippen LogP contribution in [-0.2, 0) is 26.7 Å². The van der Waals surface area contributed by atoms with Crippen molar-refractivity contribution in [2.24, 2.45) is 0 Å². The van der Waals surface area contributed by atoms with Crippen molar-refractivity contribution >= 4 is 13.6 Å². The summed E-state index contributed by atoms with van der Waals surface area (Å²) in [7, 11) is 1.64. The van der Waals surface area contributed by atoms with Crippen LogP contribution in [0.1, 0.15) is 12.0 Å². The van der Waals surface area contributed by atoms with Gasteiger partial charge in [0, 0.05) is 0 Å². The van der Waals surface area contributed by atoms with Gasteiger partial charge in [0.05, 0.1) is 7.11 Å². The van der Waals surface area contributed by atoms with Crippen molar-refractivity contribution in [2.75, 3.05) is 7.11 Å². The number of carbonyl (C=O) groups is 2. The zero-order valence-corrected chi connectivity index (χ0v) is 13.1. The second kappa shape index (κ2) is 20.1. The second-order valence-corrected chi connectivity index (χ2v) is 3.03. The molecule has 21 heavy (non-hydrogen) atoms. The van der Waals surface area contributed by atoms with Gasteiger partial charge in [0.15, 0.2) is 0 Å². The summed E-state index contributed by atoms with van der Waals surface area (Å²) in [6.07, 6.45) is 10.0. The molecule has 0 aromatic heterocycles. The fourth-order valence-corrected chi connectivity index (χ4v) is 1.12. The van der Waals surface area contributed by atoms with Crippen LogP contribution in [0, 0.1) is 24.8 Å². The molecule has 0 bridgehead atoms. The summed E-state index contributed by atoms with van der Waals surface area (Å²) < 4.78 is 4.98. The Hall–Kier alpha value is -2.21. The molecule has 2 rings (SSSR count). The number of rotatable bonds is 1. The molecule has 0 saturated carbocycles. The third-order valence-corrected chi connectivity index (χ3v) is 1.91. The predicted molar refractivity (Wildman–Crippen MR) is 81.0 cm³/mol. The van der Waals surface area contributed by atoms with E-state index in [0.29, 0.717) is 0 Å². The molecule has 0 atom stereocenters. The Morgan fingerprint density at radius 2 is 1.76 bits per heavy atom. The molecule has 1 aromatic rings. The van der Waals surface area contributed by atoms with E-state index in [1.54, 1.807) is 7.11 Å². The van der Waals surface area contributed by atoms with Gasteiger partial charge >= 0.3 is 17.1 Å². The van der Waals surface area contributed by atoms with Gasteiger partial charge in [0.2, 0.25) is 0 Å². The topological polar surface area (TPSA) is 43.4 Å². The molecule has 0 aliphatic heterocycles. The Morgan fingerprint density at radius 1 is 1.19 bits per heavy atom. The van der Waals surface area contributed by atoms with E-state index < -0.39 is 0 Å². The average molecular weight is 326 g/mol. The summed E-state index contributed by atoms with van der Waals surface area (Å²) in [6.45, 7) is 7.43. The van der Waals surface area contributed by atoms with E-state index in [-0.39, 0.29) is 17.1 Å². The van der Waals surface area contributed by atoms with Crippen molar-refractivity contribution in [1.82, 2.24) is 0 Å². The molecule has 0 radical (unpaired) electrons. The maximum atomic E-state index is 8.00. The van der Waals surface area contributed by atoms with E-state index in [4.69, 9.17) is 14.3 Å². The molecule has 0 spiro atoms. The first-order valence-corrected chi connectivity index (χ1v) is 5.58. The van der Waals surface area contributed by atoms with Gasteiger partial charge in [-0.25, -0.2) is 12.2 Å². The van der Waals surface area contributed by atoms with Crippen LogP contribution in [0.25, 0.3) is 0 Å². The quantitative estimate of drug-likeness (QED) is 0.453. The summed E-state index contributed by atoms with van der Waals surface area (Å²) >= 11 is 0. The van der Waals surface area contributed by atoms with Gasteiger partial charge < -0.3 is 14.3 Å². The molecule has 0 saturated heterocycles. The van der Waals surface area contributed by atoms with Gasteiger partial charge in [-0.1, -0.05) is 17.7 Å². The molecule has 1 aliphatic carbocycles. The Morgan fingerprint density at radius 3 is 2.05 bits per heavy atom. The number of benzene rings is 1. The number of hydrogen-bond donors (Lipinski definition) is 0. The van der Waals surface area contributed by atoms with Crippen LogP contribution in [-0.4, -0.2) is 20.7 Å². The molecule has 0 unspecified atom stereocenters. The average Bonchev–Trinajstić information content (AvgIpc) is 3.12. The molecule has 0 N–H and O–H groups in total. The largest absolute Gasteiger partial charge is 2.00 e. The van der Waals surface area contributed by atoms with Crippen molar-refractivity contribution < 1.29 is 31.4 Å².